The highest BCUT2D eigenvalue weighted by Gasteiger charge is 2.25. The van der Waals surface area contributed by atoms with Gasteiger partial charge in [0.25, 0.3) is 0 Å². The molecule has 0 spiro atoms. The number of rotatable bonds is 10. The van der Waals surface area contributed by atoms with E-state index in [1.165, 1.54) is 0 Å². The fraction of sp³-hybridized carbons (Fsp3) is 0.300. The molecular weight excluding hydrogens is 466 g/mol. The van der Waals surface area contributed by atoms with Gasteiger partial charge in [-0.05, 0) is 59.9 Å². The summed E-state index contributed by atoms with van der Waals surface area (Å²) >= 11 is 0. The number of ether oxygens (including phenoxy) is 3. The van der Waals surface area contributed by atoms with Crippen LogP contribution < -0.4 is 16.4 Å². The van der Waals surface area contributed by atoms with E-state index in [0.29, 0.717) is 25.4 Å². The highest BCUT2D eigenvalue weighted by Crippen LogP contribution is 2.36. The second-order valence-corrected chi connectivity index (χ2v) is 8.86. The molecule has 1 heterocycles. The third-order valence-electron chi connectivity index (χ3n) is 6.08. The van der Waals surface area contributed by atoms with Crippen molar-refractivity contribution in [3.05, 3.63) is 113 Å². The number of benzene rings is 2. The number of carbonyl (C=O) groups is 1. The SMILES string of the molecule is C=C1/C=C\C(OCCOC)=C/CN/C=C\1C(c1cccc(NC(=O)OCc2ccccc2)c1C)C(C)N. The first-order chi connectivity index (χ1) is 17.9. The number of hydrogen-bond acceptors (Lipinski definition) is 6. The molecule has 0 saturated heterocycles. The Morgan fingerprint density at radius 2 is 1.92 bits per heavy atom. The number of nitrogens with two attached hydrogens (primary N) is 1. The number of anilines is 1. The predicted octanol–water partition coefficient (Wildman–Crippen LogP) is 5.32. The number of carbonyl (C=O) groups excluding carboxylic acids is 1. The Morgan fingerprint density at radius 1 is 1.14 bits per heavy atom. The van der Waals surface area contributed by atoms with E-state index in [1.807, 2.05) is 86.8 Å². The quantitative estimate of drug-likeness (QED) is 0.380. The van der Waals surface area contributed by atoms with E-state index in [-0.39, 0.29) is 18.6 Å². The molecule has 7 heteroatoms. The molecule has 0 saturated carbocycles. The molecule has 37 heavy (non-hydrogen) atoms. The minimum atomic E-state index is -0.510. The molecule has 0 bridgehead atoms. The zero-order valence-corrected chi connectivity index (χ0v) is 21.8. The smallest absolute Gasteiger partial charge is 0.411 e. The maximum absolute atomic E-state index is 12.5. The average molecular weight is 504 g/mol. The van der Waals surface area contributed by atoms with Gasteiger partial charge in [0.15, 0.2) is 0 Å². The zero-order chi connectivity index (χ0) is 26.6. The molecule has 2 aromatic rings. The van der Waals surface area contributed by atoms with Crippen molar-refractivity contribution < 1.29 is 19.0 Å². The van der Waals surface area contributed by atoms with Crippen LogP contribution in [0.3, 0.4) is 0 Å². The molecule has 2 atom stereocenters. The van der Waals surface area contributed by atoms with Gasteiger partial charge in [0.2, 0.25) is 0 Å². The van der Waals surface area contributed by atoms with Gasteiger partial charge in [-0.1, -0.05) is 55.1 Å². The van der Waals surface area contributed by atoms with Gasteiger partial charge >= 0.3 is 6.09 Å². The molecule has 1 aliphatic heterocycles. The summed E-state index contributed by atoms with van der Waals surface area (Å²) in [4.78, 5) is 12.5. The third kappa shape index (κ3) is 8.10. The van der Waals surface area contributed by atoms with E-state index < -0.39 is 6.09 Å². The molecule has 0 fully saturated rings. The summed E-state index contributed by atoms with van der Waals surface area (Å²) in [6.07, 6.45) is 7.26. The van der Waals surface area contributed by atoms with Crippen LogP contribution in [0.25, 0.3) is 0 Å². The van der Waals surface area contributed by atoms with Gasteiger partial charge in [-0.2, -0.15) is 0 Å². The molecule has 4 N–H and O–H groups in total. The summed E-state index contributed by atoms with van der Waals surface area (Å²) in [5.41, 5.74) is 11.8. The molecule has 196 valence electrons. The molecule has 0 aliphatic carbocycles. The minimum Gasteiger partial charge on any atom is -0.491 e. The van der Waals surface area contributed by atoms with Crippen molar-refractivity contribution in [1.29, 1.82) is 0 Å². The number of methoxy groups -OCH3 is 1. The summed E-state index contributed by atoms with van der Waals surface area (Å²) in [7, 11) is 1.64. The van der Waals surface area contributed by atoms with Crippen molar-refractivity contribution in [3.63, 3.8) is 0 Å². The molecule has 3 rings (SSSR count). The van der Waals surface area contributed by atoms with Gasteiger partial charge < -0.3 is 25.3 Å². The number of nitrogens with one attached hydrogen (secondary N) is 2. The maximum Gasteiger partial charge on any atom is 0.411 e. The monoisotopic (exact) mass is 503 g/mol. The van der Waals surface area contributed by atoms with Crippen molar-refractivity contribution >= 4 is 11.8 Å². The van der Waals surface area contributed by atoms with Crippen LogP contribution in [0.2, 0.25) is 0 Å². The highest BCUT2D eigenvalue weighted by molar-refractivity contribution is 5.86. The topological polar surface area (TPSA) is 94.8 Å². The largest absolute Gasteiger partial charge is 0.491 e. The Kier molecular flexibility index (Phi) is 10.6. The number of amides is 1. The van der Waals surface area contributed by atoms with Crippen molar-refractivity contribution in [2.45, 2.75) is 32.4 Å². The Hall–Kier alpha value is -3.81. The summed E-state index contributed by atoms with van der Waals surface area (Å²) in [6, 6.07) is 15.2. The van der Waals surface area contributed by atoms with Crippen LogP contribution in [0.1, 0.15) is 29.5 Å². The fourth-order valence-electron chi connectivity index (χ4n) is 4.14. The first-order valence-electron chi connectivity index (χ1n) is 12.4. The maximum atomic E-state index is 12.5. The highest BCUT2D eigenvalue weighted by atomic mass is 16.5. The predicted molar refractivity (Wildman–Crippen MR) is 148 cm³/mol. The molecule has 0 aromatic heterocycles. The molecular formula is C30H37N3O4. The first-order valence-corrected chi connectivity index (χ1v) is 12.4. The number of allylic oxidation sites excluding steroid dienone is 3. The van der Waals surface area contributed by atoms with E-state index in [9.17, 15) is 4.79 Å². The second kappa shape index (κ2) is 14.1. The normalized spacial score (nSPS) is 18.9. The van der Waals surface area contributed by atoms with Gasteiger partial charge in [0, 0.05) is 37.5 Å². The standard InChI is InChI=1S/C30H37N3O4/c1-21-13-14-25(36-18-17-35-4)15-16-32-19-27(21)29(23(3)31)26-11-8-12-28(22(26)2)33-30(34)37-20-24-9-6-5-7-10-24/h5-15,19,23,29,32H,1,16-18,20,31H2,2-4H3,(H,33,34)/b14-13-,25-15+,27-19+. The van der Waals surface area contributed by atoms with E-state index in [1.54, 1.807) is 7.11 Å². The Labute approximate surface area is 219 Å². The van der Waals surface area contributed by atoms with E-state index >= 15 is 0 Å². The van der Waals surface area contributed by atoms with Crippen molar-refractivity contribution in [3.8, 4) is 0 Å². The summed E-state index contributed by atoms with van der Waals surface area (Å²) in [5, 5.41) is 6.22. The van der Waals surface area contributed by atoms with Gasteiger partial charge in [0.05, 0.1) is 6.61 Å². The molecule has 7 nitrogen and oxygen atoms in total. The molecule has 2 aromatic carbocycles. The third-order valence-corrected chi connectivity index (χ3v) is 6.08. The lowest BCUT2D eigenvalue weighted by Crippen LogP contribution is -2.28. The van der Waals surface area contributed by atoms with Crippen LogP contribution in [0, 0.1) is 6.92 Å². The Balaban J connectivity index is 1.78. The van der Waals surface area contributed by atoms with Crippen molar-refractivity contribution in [1.82, 2.24) is 5.32 Å². The molecule has 2 unspecified atom stereocenters. The Morgan fingerprint density at radius 3 is 2.65 bits per heavy atom. The summed E-state index contributed by atoms with van der Waals surface area (Å²) < 4.78 is 16.3. The van der Waals surface area contributed by atoms with Crippen molar-refractivity contribution in [2.75, 3.05) is 32.2 Å². The average Bonchev–Trinajstić information content (AvgIpc) is 2.97. The summed E-state index contributed by atoms with van der Waals surface area (Å²) in [5.74, 6) is 0.580. The van der Waals surface area contributed by atoms with Gasteiger partial charge in [-0.3, -0.25) is 5.32 Å². The van der Waals surface area contributed by atoms with E-state index in [4.69, 9.17) is 19.9 Å². The van der Waals surface area contributed by atoms with Crippen LogP contribution >= 0.6 is 0 Å². The minimum absolute atomic E-state index is 0.164. The zero-order valence-electron chi connectivity index (χ0n) is 21.8. The lowest BCUT2D eigenvalue weighted by Gasteiger charge is -2.27. The number of hydrogen-bond donors (Lipinski definition) is 3. The first kappa shape index (κ1) is 27.8. The van der Waals surface area contributed by atoms with Crippen molar-refractivity contribution in [2.24, 2.45) is 5.73 Å². The molecule has 0 radical (unpaired) electrons. The lowest BCUT2D eigenvalue weighted by atomic mass is 9.80. The second-order valence-electron chi connectivity index (χ2n) is 8.86. The van der Waals surface area contributed by atoms with Crippen LogP contribution in [-0.2, 0) is 20.8 Å². The van der Waals surface area contributed by atoms with Gasteiger partial charge in [-0.15, -0.1) is 0 Å². The Bertz CT molecular complexity index is 1150. The van der Waals surface area contributed by atoms with E-state index in [0.717, 1.165) is 33.6 Å². The van der Waals surface area contributed by atoms with Crippen LogP contribution in [0.4, 0.5) is 10.5 Å². The van der Waals surface area contributed by atoms with Crippen LogP contribution in [-0.4, -0.2) is 39.0 Å². The van der Waals surface area contributed by atoms with Crippen LogP contribution in [0.15, 0.2) is 96.4 Å². The van der Waals surface area contributed by atoms with Crippen LogP contribution in [0.5, 0.6) is 0 Å². The van der Waals surface area contributed by atoms with Gasteiger partial charge in [0.1, 0.15) is 19.0 Å². The van der Waals surface area contributed by atoms with Gasteiger partial charge in [-0.25, -0.2) is 4.79 Å². The fourth-order valence-corrected chi connectivity index (χ4v) is 4.14. The van der Waals surface area contributed by atoms with E-state index in [2.05, 4.69) is 17.2 Å². The lowest BCUT2D eigenvalue weighted by molar-refractivity contribution is 0.114. The summed E-state index contributed by atoms with van der Waals surface area (Å²) in [6.45, 7) is 10.0. The molecule has 1 amide bonds. The molecule has 1 aliphatic rings.